The van der Waals surface area contributed by atoms with Gasteiger partial charge in [-0.15, -0.1) is 0 Å². The Morgan fingerprint density at radius 1 is 1.38 bits per heavy atom. The van der Waals surface area contributed by atoms with Crippen LogP contribution < -0.4 is 0 Å². The van der Waals surface area contributed by atoms with Crippen molar-refractivity contribution in [2.24, 2.45) is 0 Å². The maximum atomic E-state index is 3.98. The second kappa shape index (κ2) is 4.16. The third-order valence-electron chi connectivity index (χ3n) is 0.813. The molecule has 2 heteroatoms. The summed E-state index contributed by atoms with van der Waals surface area (Å²) in [4.78, 5) is 3.98. The van der Waals surface area contributed by atoms with Gasteiger partial charge in [0.1, 0.15) is 0 Å². The normalized spacial score (nSPS) is 7.62. The van der Waals surface area contributed by atoms with Crippen LogP contribution in [0.25, 0.3) is 0 Å². The topological polar surface area (TPSA) is 12.9 Å². The van der Waals surface area contributed by atoms with Crippen LogP contribution in [0.5, 0.6) is 0 Å². The standard InChI is InChI=1S/C6H7N.Y/c1-6-4-2-3-5-7-6;/h2-5H,1H3;. The summed E-state index contributed by atoms with van der Waals surface area (Å²) in [5.74, 6) is 0. The van der Waals surface area contributed by atoms with Gasteiger partial charge in [0, 0.05) is 44.6 Å². The zero-order valence-corrected chi connectivity index (χ0v) is 7.67. The molecule has 0 saturated heterocycles. The fraction of sp³-hybridized carbons (Fsp3) is 0.167. The first-order chi connectivity index (χ1) is 3.39. The molecule has 8 heavy (non-hydrogen) atoms. The molecule has 0 atom stereocenters. The van der Waals surface area contributed by atoms with Gasteiger partial charge in [0.25, 0.3) is 0 Å². The van der Waals surface area contributed by atoms with Gasteiger partial charge < -0.3 is 0 Å². The fourth-order valence-electron chi connectivity index (χ4n) is 0.448. The van der Waals surface area contributed by atoms with Crippen molar-refractivity contribution in [1.82, 2.24) is 4.98 Å². The maximum Gasteiger partial charge on any atom is 0.0372 e. The van der Waals surface area contributed by atoms with E-state index >= 15 is 0 Å². The van der Waals surface area contributed by atoms with Crippen LogP contribution in [0.3, 0.4) is 0 Å². The molecule has 0 unspecified atom stereocenters. The van der Waals surface area contributed by atoms with E-state index in [1.165, 1.54) is 0 Å². The summed E-state index contributed by atoms with van der Waals surface area (Å²) < 4.78 is 0. The summed E-state index contributed by atoms with van der Waals surface area (Å²) in [7, 11) is 0. The summed E-state index contributed by atoms with van der Waals surface area (Å²) in [6.45, 7) is 1.97. The van der Waals surface area contributed by atoms with E-state index in [1.54, 1.807) is 6.20 Å². The average molecular weight is 182 g/mol. The summed E-state index contributed by atoms with van der Waals surface area (Å²) in [5.41, 5.74) is 1.07. The Bertz CT molecular complexity index is 138. The molecular weight excluding hydrogens is 175 g/mol. The largest absolute Gasteiger partial charge is 0.262 e. The Morgan fingerprint density at radius 2 is 2.12 bits per heavy atom. The SMILES string of the molecule is Cc1ccccn1.[Y]. The number of hydrogen-bond acceptors (Lipinski definition) is 1. The monoisotopic (exact) mass is 182 g/mol. The maximum absolute atomic E-state index is 3.98. The van der Waals surface area contributed by atoms with Crippen molar-refractivity contribution in [2.75, 3.05) is 0 Å². The molecule has 1 aromatic rings. The van der Waals surface area contributed by atoms with Crippen LogP contribution in [0.1, 0.15) is 5.69 Å². The first-order valence-electron chi connectivity index (χ1n) is 2.27. The van der Waals surface area contributed by atoms with E-state index in [9.17, 15) is 0 Å². The predicted molar refractivity (Wildman–Crippen MR) is 29.0 cm³/mol. The third-order valence-corrected chi connectivity index (χ3v) is 0.813. The summed E-state index contributed by atoms with van der Waals surface area (Å²) >= 11 is 0. The zero-order chi connectivity index (χ0) is 5.11. The van der Waals surface area contributed by atoms with Crippen molar-refractivity contribution in [3.8, 4) is 0 Å². The van der Waals surface area contributed by atoms with Crippen LogP contribution in [0.2, 0.25) is 0 Å². The Kier molecular flexibility index (Phi) is 4.30. The van der Waals surface area contributed by atoms with Gasteiger partial charge in [-0.2, -0.15) is 0 Å². The number of nitrogens with zero attached hydrogens (tertiary/aromatic N) is 1. The number of aromatic nitrogens is 1. The van der Waals surface area contributed by atoms with Gasteiger partial charge >= 0.3 is 0 Å². The second-order valence-corrected chi connectivity index (χ2v) is 1.47. The molecule has 0 N–H and O–H groups in total. The van der Waals surface area contributed by atoms with Crippen molar-refractivity contribution in [2.45, 2.75) is 6.92 Å². The minimum atomic E-state index is 0. The van der Waals surface area contributed by atoms with Crippen LogP contribution in [0.15, 0.2) is 24.4 Å². The van der Waals surface area contributed by atoms with Gasteiger partial charge in [0.05, 0.1) is 0 Å². The fourth-order valence-corrected chi connectivity index (χ4v) is 0.448. The van der Waals surface area contributed by atoms with Gasteiger partial charge in [-0.05, 0) is 19.1 Å². The van der Waals surface area contributed by atoms with Crippen LogP contribution in [0, 0.1) is 6.92 Å². The van der Waals surface area contributed by atoms with E-state index in [0.29, 0.717) is 0 Å². The Labute approximate surface area is 74.4 Å². The minimum absolute atomic E-state index is 0. The third kappa shape index (κ3) is 2.53. The van der Waals surface area contributed by atoms with Crippen LogP contribution in [-0.2, 0) is 32.7 Å². The number of rotatable bonds is 0. The zero-order valence-electron chi connectivity index (χ0n) is 4.83. The first kappa shape index (κ1) is 8.25. The Balaban J connectivity index is 0.000000490. The summed E-state index contributed by atoms with van der Waals surface area (Å²) in [5, 5.41) is 0. The minimum Gasteiger partial charge on any atom is -0.262 e. The average Bonchev–Trinajstić information content (AvgIpc) is 1.69. The van der Waals surface area contributed by atoms with E-state index in [0.717, 1.165) is 5.69 Å². The van der Waals surface area contributed by atoms with E-state index in [1.807, 2.05) is 25.1 Å². The molecule has 1 heterocycles. The van der Waals surface area contributed by atoms with E-state index in [2.05, 4.69) is 4.98 Å². The van der Waals surface area contributed by atoms with Gasteiger partial charge in [0.15, 0.2) is 0 Å². The molecule has 0 aliphatic heterocycles. The molecule has 0 bridgehead atoms. The number of hydrogen-bond donors (Lipinski definition) is 0. The number of aryl methyl sites for hydroxylation is 1. The van der Waals surface area contributed by atoms with Crippen LogP contribution >= 0.6 is 0 Å². The molecule has 0 aromatic carbocycles. The molecule has 1 nitrogen and oxygen atoms in total. The molecule has 0 amide bonds. The predicted octanol–water partition coefficient (Wildman–Crippen LogP) is 1.39. The molecule has 1 aromatic heterocycles. The molecular formula is C6H7NY. The van der Waals surface area contributed by atoms with Crippen molar-refractivity contribution >= 4 is 0 Å². The van der Waals surface area contributed by atoms with Gasteiger partial charge in [-0.1, -0.05) is 6.07 Å². The van der Waals surface area contributed by atoms with Gasteiger partial charge in [-0.3, -0.25) is 4.98 Å². The molecule has 0 saturated carbocycles. The molecule has 1 rings (SSSR count). The van der Waals surface area contributed by atoms with Crippen molar-refractivity contribution in [3.05, 3.63) is 30.1 Å². The molecule has 0 aliphatic rings. The summed E-state index contributed by atoms with van der Waals surface area (Å²) in [6.07, 6.45) is 1.79. The van der Waals surface area contributed by atoms with E-state index in [4.69, 9.17) is 0 Å². The van der Waals surface area contributed by atoms with Gasteiger partial charge in [0.2, 0.25) is 0 Å². The van der Waals surface area contributed by atoms with E-state index < -0.39 is 0 Å². The molecule has 0 fully saturated rings. The van der Waals surface area contributed by atoms with Crippen LogP contribution in [0.4, 0.5) is 0 Å². The Morgan fingerprint density at radius 3 is 2.38 bits per heavy atom. The molecule has 0 aliphatic carbocycles. The first-order valence-corrected chi connectivity index (χ1v) is 2.27. The molecule has 0 spiro atoms. The van der Waals surface area contributed by atoms with Crippen molar-refractivity contribution in [3.63, 3.8) is 0 Å². The quantitative estimate of drug-likeness (QED) is 0.590. The van der Waals surface area contributed by atoms with E-state index in [-0.39, 0.29) is 32.7 Å². The van der Waals surface area contributed by atoms with Gasteiger partial charge in [-0.25, -0.2) is 0 Å². The number of pyridine rings is 1. The van der Waals surface area contributed by atoms with Crippen LogP contribution in [-0.4, -0.2) is 4.98 Å². The second-order valence-electron chi connectivity index (χ2n) is 1.47. The van der Waals surface area contributed by atoms with Crippen molar-refractivity contribution in [1.29, 1.82) is 0 Å². The molecule has 39 valence electrons. The molecule has 1 radical (unpaired) electrons. The van der Waals surface area contributed by atoms with Crippen molar-refractivity contribution < 1.29 is 32.7 Å². The summed E-state index contributed by atoms with van der Waals surface area (Å²) in [6, 6.07) is 5.86. The smallest absolute Gasteiger partial charge is 0.0372 e. The Hall–Kier alpha value is 0.254.